The Bertz CT molecular complexity index is 327. The van der Waals surface area contributed by atoms with Gasteiger partial charge in [0.05, 0.1) is 19.8 Å². The molecule has 0 heterocycles. The zero-order valence-corrected chi connectivity index (χ0v) is 10.1. The van der Waals surface area contributed by atoms with Crippen LogP contribution in [0.15, 0.2) is 30.3 Å². The van der Waals surface area contributed by atoms with Crippen LogP contribution in [0.2, 0.25) is 0 Å². The second-order valence-corrected chi connectivity index (χ2v) is 3.78. The number of esters is 1. The molecule has 94 valence electrons. The molecule has 0 saturated carbocycles. The topological polar surface area (TPSA) is 58.6 Å². The minimum atomic E-state index is -0.202. The van der Waals surface area contributed by atoms with Crippen LogP contribution in [0.1, 0.15) is 24.4 Å². The maximum Gasteiger partial charge on any atom is 0.305 e. The predicted molar refractivity (Wildman–Crippen MR) is 65.5 cm³/mol. The van der Waals surface area contributed by atoms with E-state index >= 15 is 0 Å². The largest absolute Gasteiger partial charge is 0.469 e. The number of hydrogen-bond donors (Lipinski definition) is 2. The molecule has 0 spiro atoms. The molecule has 0 radical (unpaired) electrons. The Hall–Kier alpha value is -1.39. The lowest BCUT2D eigenvalue weighted by molar-refractivity contribution is -0.140. The molecule has 1 aromatic carbocycles. The molecule has 0 aliphatic heterocycles. The van der Waals surface area contributed by atoms with Gasteiger partial charge in [0.2, 0.25) is 0 Å². The molecule has 0 aliphatic carbocycles. The highest BCUT2D eigenvalue weighted by atomic mass is 16.5. The van der Waals surface area contributed by atoms with E-state index < -0.39 is 0 Å². The van der Waals surface area contributed by atoms with Crippen molar-refractivity contribution in [2.45, 2.75) is 18.9 Å². The molecular formula is C13H19NO3. The number of aliphatic hydroxyl groups is 1. The fourth-order valence-electron chi connectivity index (χ4n) is 1.58. The van der Waals surface area contributed by atoms with Crippen LogP contribution in [0.4, 0.5) is 0 Å². The van der Waals surface area contributed by atoms with Gasteiger partial charge in [-0.2, -0.15) is 0 Å². The van der Waals surface area contributed by atoms with Crippen molar-refractivity contribution < 1.29 is 14.6 Å². The molecule has 1 atom stereocenters. The summed E-state index contributed by atoms with van der Waals surface area (Å²) in [7, 11) is 1.39. The number of benzene rings is 1. The monoisotopic (exact) mass is 237 g/mol. The molecule has 2 N–H and O–H groups in total. The normalized spacial score (nSPS) is 12.1. The minimum absolute atomic E-state index is 0.0439. The highest BCUT2D eigenvalue weighted by Gasteiger charge is 2.08. The van der Waals surface area contributed by atoms with E-state index in [1.165, 1.54) is 7.11 Å². The first-order valence-electron chi connectivity index (χ1n) is 5.74. The zero-order valence-electron chi connectivity index (χ0n) is 10.1. The van der Waals surface area contributed by atoms with Gasteiger partial charge in [0.15, 0.2) is 0 Å². The quantitative estimate of drug-likeness (QED) is 0.554. The number of carbonyl (C=O) groups excluding carboxylic acids is 1. The highest BCUT2D eigenvalue weighted by molar-refractivity contribution is 5.69. The van der Waals surface area contributed by atoms with Gasteiger partial charge in [0.1, 0.15) is 0 Å². The summed E-state index contributed by atoms with van der Waals surface area (Å²) in [5.41, 5.74) is 1.05. The van der Waals surface area contributed by atoms with E-state index in [2.05, 4.69) is 10.1 Å². The molecule has 0 amide bonds. The molecule has 0 aliphatic rings. The van der Waals surface area contributed by atoms with Crippen LogP contribution < -0.4 is 5.32 Å². The van der Waals surface area contributed by atoms with Crippen LogP contribution in [-0.2, 0) is 9.53 Å². The highest BCUT2D eigenvalue weighted by Crippen LogP contribution is 2.11. The molecule has 4 heteroatoms. The van der Waals surface area contributed by atoms with Gasteiger partial charge in [-0.25, -0.2) is 0 Å². The SMILES string of the molecule is COC(=O)CCCNC(CO)c1ccccc1. The Labute approximate surface area is 102 Å². The van der Waals surface area contributed by atoms with E-state index in [0.717, 1.165) is 5.56 Å². The number of hydrogen-bond acceptors (Lipinski definition) is 4. The average molecular weight is 237 g/mol. The molecule has 0 saturated heterocycles. The Kier molecular flexibility index (Phi) is 6.29. The van der Waals surface area contributed by atoms with Crippen molar-refractivity contribution >= 4 is 5.97 Å². The molecule has 1 aromatic rings. The van der Waals surface area contributed by atoms with Crippen molar-refractivity contribution in [3.63, 3.8) is 0 Å². The molecule has 1 unspecified atom stereocenters. The van der Waals surface area contributed by atoms with Crippen molar-refractivity contribution in [3.8, 4) is 0 Å². The first kappa shape index (κ1) is 13.7. The van der Waals surface area contributed by atoms with Gasteiger partial charge < -0.3 is 15.2 Å². The van der Waals surface area contributed by atoms with Crippen LogP contribution in [0.3, 0.4) is 0 Å². The number of carbonyl (C=O) groups is 1. The summed E-state index contributed by atoms with van der Waals surface area (Å²) in [5.74, 6) is -0.202. The van der Waals surface area contributed by atoms with Crippen molar-refractivity contribution in [1.82, 2.24) is 5.32 Å². The van der Waals surface area contributed by atoms with E-state index in [0.29, 0.717) is 19.4 Å². The van der Waals surface area contributed by atoms with Crippen molar-refractivity contribution in [3.05, 3.63) is 35.9 Å². The standard InChI is InChI=1S/C13H19NO3/c1-17-13(16)8-5-9-14-12(10-15)11-6-3-2-4-7-11/h2-4,6-7,12,14-15H,5,8-10H2,1H3. The molecular weight excluding hydrogens is 218 g/mol. The first-order chi connectivity index (χ1) is 8.27. The van der Waals surface area contributed by atoms with E-state index in [9.17, 15) is 9.90 Å². The summed E-state index contributed by atoms with van der Waals surface area (Å²) in [4.78, 5) is 10.9. The maximum atomic E-state index is 10.9. The summed E-state index contributed by atoms with van der Waals surface area (Å²) >= 11 is 0. The minimum Gasteiger partial charge on any atom is -0.469 e. The molecule has 0 aromatic heterocycles. The summed E-state index contributed by atoms with van der Waals surface area (Å²) < 4.78 is 4.55. The van der Waals surface area contributed by atoms with Gasteiger partial charge in [-0.05, 0) is 18.5 Å². The fraction of sp³-hybridized carbons (Fsp3) is 0.462. The molecule has 0 bridgehead atoms. The third kappa shape index (κ3) is 4.97. The Balaban J connectivity index is 2.31. The number of aliphatic hydroxyl groups excluding tert-OH is 1. The first-order valence-corrected chi connectivity index (χ1v) is 5.74. The molecule has 17 heavy (non-hydrogen) atoms. The number of nitrogens with one attached hydrogen (secondary N) is 1. The summed E-state index contributed by atoms with van der Waals surface area (Å²) in [6.45, 7) is 0.720. The third-order valence-corrected chi connectivity index (χ3v) is 2.56. The van der Waals surface area contributed by atoms with Gasteiger partial charge >= 0.3 is 5.97 Å². The van der Waals surface area contributed by atoms with Crippen molar-refractivity contribution in [2.24, 2.45) is 0 Å². The van der Waals surface area contributed by atoms with E-state index in [4.69, 9.17) is 0 Å². The van der Waals surface area contributed by atoms with E-state index in [1.807, 2.05) is 30.3 Å². The van der Waals surface area contributed by atoms with Crippen LogP contribution in [0.5, 0.6) is 0 Å². The second-order valence-electron chi connectivity index (χ2n) is 3.78. The lowest BCUT2D eigenvalue weighted by Crippen LogP contribution is -2.25. The number of methoxy groups -OCH3 is 1. The summed E-state index contributed by atoms with van der Waals surface area (Å²) in [6, 6.07) is 9.67. The number of ether oxygens (including phenoxy) is 1. The zero-order chi connectivity index (χ0) is 12.5. The number of rotatable bonds is 7. The Morgan fingerprint density at radius 2 is 2.12 bits per heavy atom. The average Bonchev–Trinajstić information content (AvgIpc) is 2.39. The van der Waals surface area contributed by atoms with Crippen LogP contribution in [0, 0.1) is 0 Å². The van der Waals surface area contributed by atoms with E-state index in [-0.39, 0.29) is 18.6 Å². The van der Waals surface area contributed by atoms with Crippen LogP contribution in [-0.4, -0.2) is 31.3 Å². The molecule has 0 fully saturated rings. The van der Waals surface area contributed by atoms with Crippen LogP contribution >= 0.6 is 0 Å². The van der Waals surface area contributed by atoms with E-state index in [1.54, 1.807) is 0 Å². The third-order valence-electron chi connectivity index (χ3n) is 2.56. The summed E-state index contributed by atoms with van der Waals surface area (Å²) in [5, 5.41) is 12.5. The predicted octanol–water partition coefficient (Wildman–Crippen LogP) is 1.26. The van der Waals surface area contributed by atoms with Crippen molar-refractivity contribution in [1.29, 1.82) is 0 Å². The smallest absolute Gasteiger partial charge is 0.305 e. The molecule has 1 rings (SSSR count). The molecule has 4 nitrogen and oxygen atoms in total. The van der Waals surface area contributed by atoms with Gasteiger partial charge in [-0.1, -0.05) is 30.3 Å². The van der Waals surface area contributed by atoms with Gasteiger partial charge in [-0.15, -0.1) is 0 Å². The fourth-order valence-corrected chi connectivity index (χ4v) is 1.58. The van der Waals surface area contributed by atoms with Gasteiger partial charge in [0.25, 0.3) is 0 Å². The lowest BCUT2D eigenvalue weighted by Gasteiger charge is -2.16. The Morgan fingerprint density at radius 1 is 1.41 bits per heavy atom. The Morgan fingerprint density at radius 3 is 2.71 bits per heavy atom. The second kappa shape index (κ2) is 7.81. The maximum absolute atomic E-state index is 10.9. The van der Waals surface area contributed by atoms with Crippen molar-refractivity contribution in [2.75, 3.05) is 20.3 Å². The van der Waals surface area contributed by atoms with Gasteiger partial charge in [0, 0.05) is 6.42 Å². The lowest BCUT2D eigenvalue weighted by atomic mass is 10.1. The van der Waals surface area contributed by atoms with Crippen LogP contribution in [0.25, 0.3) is 0 Å². The van der Waals surface area contributed by atoms with Gasteiger partial charge in [-0.3, -0.25) is 4.79 Å². The summed E-state index contributed by atoms with van der Waals surface area (Å²) in [6.07, 6.45) is 1.10.